The van der Waals surface area contributed by atoms with Crippen LogP contribution in [0.4, 0.5) is 5.13 Å². The van der Waals surface area contributed by atoms with Gasteiger partial charge in [-0.05, 0) is 24.3 Å². The Hall–Kier alpha value is -3.17. The molecule has 2 aliphatic rings. The summed E-state index contributed by atoms with van der Waals surface area (Å²) in [6, 6.07) is 19.1. The number of morpholine rings is 1. The molecule has 37 heavy (non-hydrogen) atoms. The second-order valence-electron chi connectivity index (χ2n) is 8.98. The molecule has 9 heteroatoms. The number of nitrogens with zero attached hydrogens (tertiary/aromatic N) is 3. The molecular weight excluding hydrogens is 510 g/mol. The summed E-state index contributed by atoms with van der Waals surface area (Å²) in [7, 11) is 1.61. The lowest BCUT2D eigenvalue weighted by Crippen LogP contribution is -2.44. The van der Waals surface area contributed by atoms with E-state index in [1.54, 1.807) is 24.1 Å². The second-order valence-corrected chi connectivity index (χ2v) is 10.4. The van der Waals surface area contributed by atoms with Crippen LogP contribution in [0.2, 0.25) is 5.02 Å². The number of amides is 1. The molecule has 3 heterocycles. The molecule has 1 aromatic heterocycles. The first-order valence-electron chi connectivity index (χ1n) is 12.2. The van der Waals surface area contributed by atoms with Crippen LogP contribution in [-0.4, -0.2) is 62.3 Å². The Balaban J connectivity index is 1.44. The summed E-state index contributed by atoms with van der Waals surface area (Å²) in [5.74, 6) is 1.45. The molecule has 0 aliphatic carbocycles. The summed E-state index contributed by atoms with van der Waals surface area (Å²) in [4.78, 5) is 23.5. The number of methoxy groups -OCH3 is 1. The van der Waals surface area contributed by atoms with Crippen LogP contribution in [-0.2, 0) is 9.53 Å². The largest absolute Gasteiger partial charge is 0.494 e. The number of halogens is 1. The lowest BCUT2D eigenvalue weighted by atomic mass is 9.87. The zero-order valence-electron chi connectivity index (χ0n) is 20.4. The van der Waals surface area contributed by atoms with Gasteiger partial charge in [0.05, 0.1) is 36.0 Å². The van der Waals surface area contributed by atoms with Crippen LogP contribution in [0.5, 0.6) is 17.2 Å². The van der Waals surface area contributed by atoms with E-state index in [0.717, 1.165) is 28.9 Å². The Kier molecular flexibility index (Phi) is 6.73. The van der Waals surface area contributed by atoms with Crippen LogP contribution >= 0.6 is 22.9 Å². The molecule has 6 rings (SSSR count). The van der Waals surface area contributed by atoms with Gasteiger partial charge in [-0.25, -0.2) is 4.98 Å². The number of hydrogen-bond donors (Lipinski definition) is 0. The highest BCUT2D eigenvalue weighted by molar-refractivity contribution is 7.23. The molecule has 1 amide bonds. The number of thiazole rings is 1. The maximum atomic E-state index is 14.5. The molecule has 4 aromatic rings. The van der Waals surface area contributed by atoms with E-state index in [0.29, 0.717) is 59.2 Å². The molecule has 0 atom stereocenters. The standard InChI is InChI=1S/C28H26ClN3O4S/c1-34-23-11-10-20(29)26-25(23)30-28(37-26)32(13-12-31-14-16-35-17-15-31)27(33)24-18-6-2-4-8-21(18)36-22-9-5-3-7-19(22)24/h2-11,24H,12-17H2,1H3. The number of hydrogen-bond acceptors (Lipinski definition) is 7. The van der Waals surface area contributed by atoms with Crippen molar-refractivity contribution >= 4 is 44.2 Å². The van der Waals surface area contributed by atoms with Crippen LogP contribution in [0.25, 0.3) is 10.2 Å². The van der Waals surface area contributed by atoms with Gasteiger partial charge < -0.3 is 14.2 Å². The third-order valence-electron chi connectivity index (χ3n) is 6.83. The first-order valence-corrected chi connectivity index (χ1v) is 13.4. The molecule has 0 spiro atoms. The minimum atomic E-state index is -0.518. The number of rotatable bonds is 6. The first-order chi connectivity index (χ1) is 18.1. The number of benzene rings is 3. The molecule has 1 saturated heterocycles. The van der Waals surface area contributed by atoms with E-state index in [1.165, 1.54) is 11.3 Å². The molecule has 0 unspecified atom stereocenters. The van der Waals surface area contributed by atoms with Gasteiger partial charge in [-0.3, -0.25) is 14.6 Å². The summed E-state index contributed by atoms with van der Waals surface area (Å²) in [6.07, 6.45) is 0. The topological polar surface area (TPSA) is 64.1 Å². The van der Waals surface area contributed by atoms with Crippen molar-refractivity contribution in [3.8, 4) is 17.2 Å². The third-order valence-corrected chi connectivity index (χ3v) is 8.37. The highest BCUT2D eigenvalue weighted by Crippen LogP contribution is 2.46. The monoisotopic (exact) mass is 535 g/mol. The maximum Gasteiger partial charge on any atom is 0.241 e. The van der Waals surface area contributed by atoms with E-state index >= 15 is 0 Å². The Morgan fingerprint density at radius 3 is 2.43 bits per heavy atom. The van der Waals surface area contributed by atoms with Crippen molar-refractivity contribution in [1.29, 1.82) is 0 Å². The lowest BCUT2D eigenvalue weighted by molar-refractivity contribution is -0.119. The van der Waals surface area contributed by atoms with Gasteiger partial charge in [0.25, 0.3) is 0 Å². The normalized spacial score (nSPS) is 15.6. The van der Waals surface area contributed by atoms with Gasteiger partial charge in [0.1, 0.15) is 22.8 Å². The fraction of sp³-hybridized carbons (Fsp3) is 0.286. The van der Waals surface area contributed by atoms with Crippen molar-refractivity contribution in [2.75, 3.05) is 51.4 Å². The summed E-state index contributed by atoms with van der Waals surface area (Å²) in [5.41, 5.74) is 2.35. The minimum Gasteiger partial charge on any atom is -0.494 e. The number of carbonyl (C=O) groups excluding carboxylic acids is 1. The second kappa shape index (κ2) is 10.3. The summed E-state index contributed by atoms with van der Waals surface area (Å²) in [6.45, 7) is 4.27. The first kappa shape index (κ1) is 24.2. The quantitative estimate of drug-likeness (QED) is 0.322. The number of aromatic nitrogens is 1. The van der Waals surface area contributed by atoms with Gasteiger partial charge in [-0.1, -0.05) is 59.3 Å². The highest BCUT2D eigenvalue weighted by atomic mass is 35.5. The van der Waals surface area contributed by atoms with E-state index in [1.807, 2.05) is 48.5 Å². The zero-order valence-corrected chi connectivity index (χ0v) is 21.9. The molecule has 1 fully saturated rings. The Labute approximate surface area is 224 Å². The summed E-state index contributed by atoms with van der Waals surface area (Å²) < 4.78 is 18.0. The van der Waals surface area contributed by atoms with Crippen LogP contribution in [0.3, 0.4) is 0 Å². The third kappa shape index (κ3) is 4.55. The molecule has 190 valence electrons. The SMILES string of the molecule is COc1ccc(Cl)c2sc(N(CCN3CCOCC3)C(=O)C3c4ccccc4Oc4ccccc43)nc12. The Morgan fingerprint density at radius 2 is 1.76 bits per heavy atom. The smallest absolute Gasteiger partial charge is 0.241 e. The predicted molar refractivity (Wildman–Crippen MR) is 146 cm³/mol. The summed E-state index contributed by atoms with van der Waals surface area (Å²) in [5, 5.41) is 1.18. The van der Waals surface area contributed by atoms with Gasteiger partial charge >= 0.3 is 0 Å². The molecule has 0 saturated carbocycles. The van der Waals surface area contributed by atoms with Crippen molar-refractivity contribution in [2.45, 2.75) is 5.92 Å². The van der Waals surface area contributed by atoms with E-state index in [9.17, 15) is 4.79 Å². The molecule has 0 bridgehead atoms. The molecule has 0 radical (unpaired) electrons. The maximum absolute atomic E-state index is 14.5. The van der Waals surface area contributed by atoms with Crippen LogP contribution < -0.4 is 14.4 Å². The average molecular weight is 536 g/mol. The molecular formula is C28H26ClN3O4S. The fourth-order valence-electron chi connectivity index (χ4n) is 4.92. The highest BCUT2D eigenvalue weighted by Gasteiger charge is 2.37. The number of anilines is 1. The van der Waals surface area contributed by atoms with E-state index in [2.05, 4.69) is 4.90 Å². The lowest BCUT2D eigenvalue weighted by Gasteiger charge is -2.33. The Bertz CT molecular complexity index is 1410. The predicted octanol–water partition coefficient (Wildman–Crippen LogP) is 5.56. The van der Waals surface area contributed by atoms with Crippen LogP contribution in [0.15, 0.2) is 60.7 Å². The number of ether oxygens (including phenoxy) is 3. The average Bonchev–Trinajstić information content (AvgIpc) is 3.38. The van der Waals surface area contributed by atoms with E-state index in [-0.39, 0.29) is 5.91 Å². The van der Waals surface area contributed by atoms with Gasteiger partial charge in [0.2, 0.25) is 5.91 Å². The molecule has 3 aromatic carbocycles. The van der Waals surface area contributed by atoms with Gasteiger partial charge in [0, 0.05) is 37.3 Å². The summed E-state index contributed by atoms with van der Waals surface area (Å²) >= 11 is 7.95. The van der Waals surface area contributed by atoms with Gasteiger partial charge in [-0.15, -0.1) is 0 Å². The van der Waals surface area contributed by atoms with Gasteiger partial charge in [0.15, 0.2) is 5.13 Å². The number of para-hydroxylation sites is 2. The number of fused-ring (bicyclic) bond motifs is 3. The zero-order chi connectivity index (χ0) is 25.4. The van der Waals surface area contributed by atoms with Crippen molar-refractivity contribution in [3.63, 3.8) is 0 Å². The Morgan fingerprint density at radius 1 is 1.08 bits per heavy atom. The minimum absolute atomic E-state index is 0.0504. The van der Waals surface area contributed by atoms with E-state index in [4.69, 9.17) is 30.8 Å². The molecule has 7 nitrogen and oxygen atoms in total. The van der Waals surface area contributed by atoms with Crippen LogP contribution in [0.1, 0.15) is 17.0 Å². The van der Waals surface area contributed by atoms with Crippen molar-refractivity contribution < 1.29 is 19.0 Å². The fourth-order valence-corrected chi connectivity index (χ4v) is 6.21. The van der Waals surface area contributed by atoms with E-state index < -0.39 is 5.92 Å². The number of carbonyl (C=O) groups is 1. The van der Waals surface area contributed by atoms with Crippen LogP contribution in [0, 0.1) is 0 Å². The van der Waals surface area contributed by atoms with Crippen molar-refractivity contribution in [3.05, 3.63) is 76.8 Å². The molecule has 2 aliphatic heterocycles. The van der Waals surface area contributed by atoms with Crippen molar-refractivity contribution in [2.24, 2.45) is 0 Å². The van der Waals surface area contributed by atoms with Gasteiger partial charge in [-0.2, -0.15) is 0 Å². The van der Waals surface area contributed by atoms with Crippen molar-refractivity contribution in [1.82, 2.24) is 9.88 Å². The molecule has 0 N–H and O–H groups in total.